The van der Waals surface area contributed by atoms with Crippen LogP contribution in [-0.4, -0.2) is 30.3 Å². The van der Waals surface area contributed by atoms with E-state index in [1.165, 1.54) is 12.1 Å². The molecule has 0 spiro atoms. The van der Waals surface area contributed by atoms with Crippen LogP contribution in [0.5, 0.6) is 0 Å². The standard InChI is InChI=1S/C16H26N2O/c1-2-3-11-18(15-7-5-4-6-8-15)12-16(17,13-19)14-9-10-14/h4-8,14,19H,2-3,9-13,17H2,1H3. The summed E-state index contributed by atoms with van der Waals surface area (Å²) in [5, 5.41) is 9.67. The second-order valence-corrected chi connectivity index (χ2v) is 5.78. The highest BCUT2D eigenvalue weighted by molar-refractivity contribution is 5.46. The van der Waals surface area contributed by atoms with Crippen molar-refractivity contribution in [3.05, 3.63) is 30.3 Å². The molecular weight excluding hydrogens is 236 g/mol. The number of anilines is 1. The van der Waals surface area contributed by atoms with Gasteiger partial charge in [0.05, 0.1) is 12.1 Å². The van der Waals surface area contributed by atoms with Crippen LogP contribution in [0, 0.1) is 5.92 Å². The van der Waals surface area contributed by atoms with Crippen molar-refractivity contribution in [3.63, 3.8) is 0 Å². The van der Waals surface area contributed by atoms with E-state index in [4.69, 9.17) is 5.73 Å². The fraction of sp³-hybridized carbons (Fsp3) is 0.625. The molecule has 1 unspecified atom stereocenters. The highest BCUT2D eigenvalue weighted by Crippen LogP contribution is 2.39. The van der Waals surface area contributed by atoms with Crippen molar-refractivity contribution in [2.24, 2.45) is 11.7 Å². The Kier molecular flexibility index (Phi) is 4.83. The lowest BCUT2D eigenvalue weighted by atomic mass is 9.94. The molecule has 1 aromatic carbocycles. The van der Waals surface area contributed by atoms with E-state index in [1.807, 2.05) is 6.07 Å². The Morgan fingerprint density at radius 2 is 2.00 bits per heavy atom. The Labute approximate surface area is 116 Å². The molecule has 1 aromatic rings. The molecular formula is C16H26N2O. The lowest BCUT2D eigenvalue weighted by molar-refractivity contribution is 0.179. The molecule has 0 bridgehead atoms. The van der Waals surface area contributed by atoms with E-state index >= 15 is 0 Å². The highest BCUT2D eigenvalue weighted by atomic mass is 16.3. The van der Waals surface area contributed by atoms with Crippen molar-refractivity contribution in [2.75, 3.05) is 24.6 Å². The average Bonchev–Trinajstić information content (AvgIpc) is 3.29. The molecule has 0 heterocycles. The van der Waals surface area contributed by atoms with Crippen LogP contribution in [0.25, 0.3) is 0 Å². The SMILES string of the molecule is CCCCN(CC(N)(CO)C1CC1)c1ccccc1. The van der Waals surface area contributed by atoms with Gasteiger partial charge in [-0.05, 0) is 37.3 Å². The third-order valence-electron chi connectivity index (χ3n) is 4.07. The van der Waals surface area contributed by atoms with Gasteiger partial charge in [-0.15, -0.1) is 0 Å². The van der Waals surface area contributed by atoms with E-state index in [0.29, 0.717) is 5.92 Å². The van der Waals surface area contributed by atoms with Gasteiger partial charge >= 0.3 is 0 Å². The summed E-state index contributed by atoms with van der Waals surface area (Å²) >= 11 is 0. The third-order valence-corrected chi connectivity index (χ3v) is 4.07. The predicted molar refractivity (Wildman–Crippen MR) is 80.3 cm³/mol. The van der Waals surface area contributed by atoms with Crippen LogP contribution < -0.4 is 10.6 Å². The Bertz CT molecular complexity index is 378. The number of aliphatic hydroxyl groups is 1. The molecule has 1 fully saturated rings. The summed E-state index contributed by atoms with van der Waals surface area (Å²) < 4.78 is 0. The smallest absolute Gasteiger partial charge is 0.0631 e. The summed E-state index contributed by atoms with van der Waals surface area (Å²) in [7, 11) is 0. The second kappa shape index (κ2) is 6.40. The fourth-order valence-corrected chi connectivity index (χ4v) is 2.61. The van der Waals surface area contributed by atoms with E-state index in [1.54, 1.807) is 0 Å². The second-order valence-electron chi connectivity index (χ2n) is 5.78. The first-order chi connectivity index (χ1) is 9.19. The van der Waals surface area contributed by atoms with Gasteiger partial charge in [0.25, 0.3) is 0 Å². The summed E-state index contributed by atoms with van der Waals surface area (Å²) in [5.41, 5.74) is 7.19. The Hall–Kier alpha value is -1.06. The van der Waals surface area contributed by atoms with Gasteiger partial charge in [0.15, 0.2) is 0 Å². The normalized spacial score (nSPS) is 18.1. The molecule has 1 aliphatic carbocycles. The van der Waals surface area contributed by atoms with Crippen molar-refractivity contribution in [1.29, 1.82) is 0 Å². The number of nitrogens with two attached hydrogens (primary N) is 1. The molecule has 0 aliphatic heterocycles. The summed E-state index contributed by atoms with van der Waals surface area (Å²) in [6.07, 6.45) is 4.64. The van der Waals surface area contributed by atoms with Gasteiger partial charge in [0, 0.05) is 18.8 Å². The first-order valence-corrected chi connectivity index (χ1v) is 7.39. The molecule has 2 rings (SSSR count). The molecule has 0 amide bonds. The van der Waals surface area contributed by atoms with Crippen molar-refractivity contribution in [1.82, 2.24) is 0 Å². The highest BCUT2D eigenvalue weighted by Gasteiger charge is 2.42. The number of hydrogen-bond donors (Lipinski definition) is 2. The van der Waals surface area contributed by atoms with Crippen LogP contribution in [0.4, 0.5) is 5.69 Å². The summed E-state index contributed by atoms with van der Waals surface area (Å²) in [6.45, 7) is 4.03. The Morgan fingerprint density at radius 1 is 1.32 bits per heavy atom. The maximum Gasteiger partial charge on any atom is 0.0631 e. The first kappa shape index (κ1) is 14.4. The van der Waals surface area contributed by atoms with E-state index < -0.39 is 5.54 Å². The molecule has 0 aromatic heterocycles. The number of para-hydroxylation sites is 1. The zero-order chi connectivity index (χ0) is 13.7. The number of aliphatic hydroxyl groups excluding tert-OH is 1. The van der Waals surface area contributed by atoms with E-state index in [0.717, 1.165) is 32.4 Å². The minimum absolute atomic E-state index is 0.0765. The zero-order valence-corrected chi connectivity index (χ0v) is 11.9. The molecule has 3 N–H and O–H groups in total. The van der Waals surface area contributed by atoms with Gasteiger partial charge in [0.1, 0.15) is 0 Å². The number of nitrogens with zero attached hydrogens (tertiary/aromatic N) is 1. The Balaban J connectivity index is 2.09. The van der Waals surface area contributed by atoms with E-state index in [2.05, 4.69) is 36.1 Å². The van der Waals surface area contributed by atoms with Gasteiger partial charge in [-0.2, -0.15) is 0 Å². The zero-order valence-electron chi connectivity index (χ0n) is 11.9. The van der Waals surface area contributed by atoms with E-state index in [-0.39, 0.29) is 6.61 Å². The molecule has 0 saturated heterocycles. The number of hydrogen-bond acceptors (Lipinski definition) is 3. The summed E-state index contributed by atoms with van der Waals surface area (Å²) in [5.74, 6) is 0.491. The van der Waals surface area contributed by atoms with Crippen LogP contribution in [0.2, 0.25) is 0 Å². The number of benzene rings is 1. The van der Waals surface area contributed by atoms with Crippen LogP contribution in [0.1, 0.15) is 32.6 Å². The molecule has 3 nitrogen and oxygen atoms in total. The molecule has 1 atom stereocenters. The fourth-order valence-electron chi connectivity index (χ4n) is 2.61. The van der Waals surface area contributed by atoms with Gasteiger partial charge in [0.2, 0.25) is 0 Å². The van der Waals surface area contributed by atoms with Crippen molar-refractivity contribution in [3.8, 4) is 0 Å². The number of rotatable bonds is 8. The van der Waals surface area contributed by atoms with Gasteiger partial charge in [-0.25, -0.2) is 0 Å². The van der Waals surface area contributed by atoms with Gasteiger partial charge in [-0.1, -0.05) is 31.5 Å². The Morgan fingerprint density at radius 3 is 2.53 bits per heavy atom. The van der Waals surface area contributed by atoms with Gasteiger partial charge in [-0.3, -0.25) is 0 Å². The van der Waals surface area contributed by atoms with Crippen molar-refractivity contribution < 1.29 is 5.11 Å². The van der Waals surface area contributed by atoms with Crippen LogP contribution >= 0.6 is 0 Å². The quantitative estimate of drug-likeness (QED) is 0.756. The monoisotopic (exact) mass is 262 g/mol. The van der Waals surface area contributed by atoms with E-state index in [9.17, 15) is 5.11 Å². The summed E-state index contributed by atoms with van der Waals surface area (Å²) in [6, 6.07) is 10.4. The topological polar surface area (TPSA) is 49.5 Å². The molecule has 19 heavy (non-hydrogen) atoms. The third kappa shape index (κ3) is 3.71. The number of unbranched alkanes of at least 4 members (excludes halogenated alkanes) is 1. The van der Waals surface area contributed by atoms with Crippen molar-refractivity contribution >= 4 is 5.69 Å². The lowest BCUT2D eigenvalue weighted by Crippen LogP contribution is -2.55. The maximum atomic E-state index is 9.67. The van der Waals surface area contributed by atoms with Crippen LogP contribution in [0.15, 0.2) is 30.3 Å². The molecule has 1 aliphatic rings. The van der Waals surface area contributed by atoms with Gasteiger partial charge < -0.3 is 15.7 Å². The van der Waals surface area contributed by atoms with Crippen LogP contribution in [-0.2, 0) is 0 Å². The predicted octanol–water partition coefficient (Wildman–Crippen LogP) is 2.39. The van der Waals surface area contributed by atoms with Crippen LogP contribution in [0.3, 0.4) is 0 Å². The average molecular weight is 262 g/mol. The minimum atomic E-state index is -0.441. The first-order valence-electron chi connectivity index (χ1n) is 7.39. The lowest BCUT2D eigenvalue weighted by Gasteiger charge is -2.35. The minimum Gasteiger partial charge on any atom is -0.394 e. The van der Waals surface area contributed by atoms with Crippen molar-refractivity contribution in [2.45, 2.75) is 38.1 Å². The molecule has 106 valence electrons. The molecule has 1 saturated carbocycles. The molecule has 3 heteroatoms. The largest absolute Gasteiger partial charge is 0.394 e. The maximum absolute atomic E-state index is 9.67. The summed E-state index contributed by atoms with van der Waals surface area (Å²) in [4.78, 5) is 2.33. The molecule has 0 radical (unpaired) electrons.